The molecule has 9 heteroatoms. The average molecular weight is 468 g/mol. The lowest BCUT2D eigenvalue weighted by Gasteiger charge is -2.30. The number of alkyl halides is 6. The second-order valence-corrected chi connectivity index (χ2v) is 8.31. The molecule has 2 aromatic carbocycles. The van der Waals surface area contributed by atoms with Crippen LogP contribution in [0.1, 0.15) is 36.1 Å². The van der Waals surface area contributed by atoms with E-state index in [1.807, 2.05) is 0 Å². The van der Waals surface area contributed by atoms with Crippen LogP contribution in [0, 0.1) is 12.3 Å². The standard InChI is InChI=1S/C24H18F6O3/c1-11-5-6-13(14-7-15(23(25,26)27)10-16(8-14)24(28,29)30)9-17(11)18-19(31)12(2)20(32)22(3,4)21(18)33/h5-10,31H,2H2,1,3-4H3. The minimum absolute atomic E-state index is 0.0236. The number of ketones is 2. The molecule has 0 saturated heterocycles. The van der Waals surface area contributed by atoms with Gasteiger partial charge in [0.15, 0.2) is 11.6 Å². The molecule has 0 aromatic heterocycles. The number of allylic oxidation sites excluding steroid dienone is 2. The summed E-state index contributed by atoms with van der Waals surface area (Å²) in [5, 5.41) is 10.5. The lowest BCUT2D eigenvalue weighted by Crippen LogP contribution is -2.39. The summed E-state index contributed by atoms with van der Waals surface area (Å²) in [4.78, 5) is 25.4. The van der Waals surface area contributed by atoms with Gasteiger partial charge in [-0.1, -0.05) is 18.7 Å². The van der Waals surface area contributed by atoms with Crippen molar-refractivity contribution in [3.05, 3.63) is 76.6 Å². The molecule has 2 aromatic rings. The Morgan fingerprint density at radius 1 is 0.818 bits per heavy atom. The molecule has 0 atom stereocenters. The summed E-state index contributed by atoms with van der Waals surface area (Å²) < 4.78 is 79.6. The van der Waals surface area contributed by atoms with Crippen molar-refractivity contribution in [1.82, 2.24) is 0 Å². The highest BCUT2D eigenvalue weighted by Crippen LogP contribution is 2.42. The van der Waals surface area contributed by atoms with Gasteiger partial charge >= 0.3 is 12.4 Å². The minimum Gasteiger partial charge on any atom is -0.506 e. The fourth-order valence-electron chi connectivity index (χ4n) is 3.60. The van der Waals surface area contributed by atoms with Crippen LogP contribution in [-0.2, 0) is 21.9 Å². The second kappa shape index (κ2) is 7.60. The Balaban J connectivity index is 2.28. The zero-order chi connectivity index (χ0) is 25.1. The topological polar surface area (TPSA) is 54.4 Å². The van der Waals surface area contributed by atoms with Crippen molar-refractivity contribution in [1.29, 1.82) is 0 Å². The van der Waals surface area contributed by atoms with Gasteiger partial charge in [-0.3, -0.25) is 9.59 Å². The molecule has 1 aliphatic carbocycles. The van der Waals surface area contributed by atoms with E-state index in [2.05, 4.69) is 6.58 Å². The molecule has 0 fully saturated rings. The molecular formula is C24H18F6O3. The van der Waals surface area contributed by atoms with Crippen LogP contribution in [-0.4, -0.2) is 16.7 Å². The first kappa shape index (κ1) is 24.3. The summed E-state index contributed by atoms with van der Waals surface area (Å²) in [6, 6.07) is 5.10. The number of Topliss-reactive ketones (excluding diaryl/α,β-unsaturated/α-hetero) is 2. The van der Waals surface area contributed by atoms with E-state index < -0.39 is 46.2 Å². The zero-order valence-corrected chi connectivity index (χ0v) is 17.7. The summed E-state index contributed by atoms with van der Waals surface area (Å²) in [7, 11) is 0. The van der Waals surface area contributed by atoms with E-state index in [0.717, 1.165) is 0 Å². The van der Waals surface area contributed by atoms with Gasteiger partial charge in [0.05, 0.1) is 27.7 Å². The highest BCUT2D eigenvalue weighted by molar-refractivity contribution is 6.36. The van der Waals surface area contributed by atoms with Crippen LogP contribution < -0.4 is 0 Å². The number of aliphatic hydroxyl groups excluding tert-OH is 1. The van der Waals surface area contributed by atoms with Crippen molar-refractivity contribution < 1.29 is 41.0 Å². The van der Waals surface area contributed by atoms with Crippen LogP contribution in [0.4, 0.5) is 26.3 Å². The van der Waals surface area contributed by atoms with Gasteiger partial charge < -0.3 is 5.11 Å². The van der Waals surface area contributed by atoms with E-state index in [4.69, 9.17) is 0 Å². The molecule has 0 bridgehead atoms. The summed E-state index contributed by atoms with van der Waals surface area (Å²) in [6.07, 6.45) is -10.0. The molecule has 0 saturated carbocycles. The number of halogens is 6. The molecule has 0 amide bonds. The fraction of sp³-hybridized carbons (Fsp3) is 0.250. The monoisotopic (exact) mass is 468 g/mol. The number of carbonyl (C=O) groups excluding carboxylic acids is 2. The number of aliphatic hydroxyl groups is 1. The zero-order valence-electron chi connectivity index (χ0n) is 17.7. The number of rotatable bonds is 2. The highest BCUT2D eigenvalue weighted by Gasteiger charge is 2.46. The van der Waals surface area contributed by atoms with Crippen LogP contribution in [0.25, 0.3) is 16.7 Å². The Morgan fingerprint density at radius 3 is 1.82 bits per heavy atom. The maximum absolute atomic E-state index is 13.3. The van der Waals surface area contributed by atoms with Crippen molar-refractivity contribution >= 4 is 17.1 Å². The molecule has 0 spiro atoms. The van der Waals surface area contributed by atoms with E-state index in [0.29, 0.717) is 17.7 Å². The Bertz CT molecular complexity index is 1200. The van der Waals surface area contributed by atoms with Gasteiger partial charge in [-0.15, -0.1) is 0 Å². The van der Waals surface area contributed by atoms with Crippen LogP contribution in [0.2, 0.25) is 0 Å². The van der Waals surface area contributed by atoms with Gasteiger partial charge in [-0.05, 0) is 67.3 Å². The normalized spacial score (nSPS) is 17.1. The molecule has 0 aliphatic heterocycles. The molecule has 174 valence electrons. The molecule has 3 nitrogen and oxygen atoms in total. The predicted molar refractivity (Wildman–Crippen MR) is 109 cm³/mol. The third-order valence-corrected chi connectivity index (χ3v) is 5.59. The first-order valence-corrected chi connectivity index (χ1v) is 9.59. The quantitative estimate of drug-likeness (QED) is 0.303. The molecule has 33 heavy (non-hydrogen) atoms. The number of hydrogen-bond acceptors (Lipinski definition) is 3. The fourth-order valence-corrected chi connectivity index (χ4v) is 3.60. The van der Waals surface area contributed by atoms with Gasteiger partial charge in [0.1, 0.15) is 5.76 Å². The van der Waals surface area contributed by atoms with Crippen molar-refractivity contribution in [2.75, 3.05) is 0 Å². The lowest BCUT2D eigenvalue weighted by atomic mass is 9.70. The number of hydrogen-bond donors (Lipinski definition) is 1. The molecule has 3 rings (SSSR count). The van der Waals surface area contributed by atoms with Gasteiger partial charge in [0.25, 0.3) is 0 Å². The van der Waals surface area contributed by atoms with Gasteiger partial charge in [0, 0.05) is 0 Å². The van der Waals surface area contributed by atoms with E-state index in [-0.39, 0.29) is 33.9 Å². The highest BCUT2D eigenvalue weighted by atomic mass is 19.4. The van der Waals surface area contributed by atoms with E-state index in [9.17, 15) is 41.0 Å². The first-order chi connectivity index (χ1) is 15.0. The first-order valence-electron chi connectivity index (χ1n) is 9.59. The van der Waals surface area contributed by atoms with Crippen molar-refractivity contribution in [3.63, 3.8) is 0 Å². The van der Waals surface area contributed by atoms with Crippen LogP contribution in [0.15, 0.2) is 54.3 Å². The summed E-state index contributed by atoms with van der Waals surface area (Å²) in [6.45, 7) is 7.75. The second-order valence-electron chi connectivity index (χ2n) is 8.31. The Kier molecular flexibility index (Phi) is 5.60. The van der Waals surface area contributed by atoms with Gasteiger partial charge in [-0.2, -0.15) is 26.3 Å². The van der Waals surface area contributed by atoms with Crippen LogP contribution in [0.3, 0.4) is 0 Å². The number of carbonyl (C=O) groups is 2. The van der Waals surface area contributed by atoms with Crippen molar-refractivity contribution in [2.45, 2.75) is 33.1 Å². The van der Waals surface area contributed by atoms with Crippen LogP contribution in [0.5, 0.6) is 0 Å². The molecule has 0 unspecified atom stereocenters. The van der Waals surface area contributed by atoms with Gasteiger partial charge in [0.2, 0.25) is 0 Å². The van der Waals surface area contributed by atoms with Crippen molar-refractivity contribution in [3.8, 4) is 11.1 Å². The summed E-state index contributed by atoms with van der Waals surface area (Å²) in [5.41, 5.74) is -5.03. The number of benzene rings is 2. The molecule has 0 heterocycles. The van der Waals surface area contributed by atoms with Crippen molar-refractivity contribution in [2.24, 2.45) is 5.41 Å². The Labute approximate surface area is 185 Å². The van der Waals surface area contributed by atoms with E-state index >= 15 is 0 Å². The maximum atomic E-state index is 13.3. The molecular weight excluding hydrogens is 450 g/mol. The number of aryl methyl sites for hydroxylation is 1. The summed E-state index contributed by atoms with van der Waals surface area (Å²) >= 11 is 0. The summed E-state index contributed by atoms with van der Waals surface area (Å²) in [5.74, 6) is -2.10. The third-order valence-electron chi connectivity index (χ3n) is 5.59. The van der Waals surface area contributed by atoms with Gasteiger partial charge in [-0.25, -0.2) is 0 Å². The maximum Gasteiger partial charge on any atom is 0.416 e. The minimum atomic E-state index is -5.02. The molecule has 0 radical (unpaired) electrons. The SMILES string of the molecule is C=C1C(=O)C(C)(C)C(=O)C(c2cc(-c3cc(C(F)(F)F)cc(C(F)(F)F)c3)ccc2C)=C1O. The van der Waals surface area contributed by atoms with E-state index in [1.54, 1.807) is 6.92 Å². The predicted octanol–water partition coefficient (Wildman–Crippen LogP) is 6.70. The lowest BCUT2D eigenvalue weighted by molar-refractivity contribution is -0.143. The third kappa shape index (κ3) is 4.19. The van der Waals surface area contributed by atoms with Crippen LogP contribution >= 0.6 is 0 Å². The Hall–Kier alpha value is -3.36. The Morgan fingerprint density at radius 2 is 1.33 bits per heavy atom. The smallest absolute Gasteiger partial charge is 0.416 e. The molecule has 1 N–H and O–H groups in total. The van der Waals surface area contributed by atoms with E-state index in [1.165, 1.54) is 32.0 Å². The largest absolute Gasteiger partial charge is 0.506 e. The average Bonchev–Trinajstić information content (AvgIpc) is 2.71. The molecule has 1 aliphatic rings.